The van der Waals surface area contributed by atoms with Crippen LogP contribution in [0, 0.1) is 25.2 Å². The van der Waals surface area contributed by atoms with Gasteiger partial charge in [-0.15, -0.1) is 11.3 Å². The molecule has 4 N–H and O–H groups in total. The number of thiophene rings is 1. The van der Waals surface area contributed by atoms with Crippen molar-refractivity contribution in [2.24, 2.45) is 5.84 Å². The van der Waals surface area contributed by atoms with Gasteiger partial charge in [0.2, 0.25) is 6.41 Å². The Morgan fingerprint density at radius 2 is 1.97 bits per heavy atom. The van der Waals surface area contributed by atoms with E-state index >= 15 is 0 Å². The van der Waals surface area contributed by atoms with Crippen LogP contribution in [0.15, 0.2) is 47.8 Å². The average molecular weight is 409 g/mol. The van der Waals surface area contributed by atoms with Gasteiger partial charge in [0.15, 0.2) is 0 Å². The Morgan fingerprint density at radius 1 is 1.21 bits per heavy atom. The van der Waals surface area contributed by atoms with E-state index in [1.165, 1.54) is 11.1 Å². The van der Waals surface area contributed by atoms with E-state index in [0.29, 0.717) is 13.0 Å². The first-order chi connectivity index (χ1) is 14.0. The fraction of sp³-hybridized carbons (Fsp3) is 0.182. The number of carbonyl (C=O) groups is 1. The molecule has 1 amide bonds. The smallest absolute Gasteiger partial charge is 0.221 e. The van der Waals surface area contributed by atoms with Crippen LogP contribution in [0.25, 0.3) is 10.4 Å². The first-order valence-electron chi connectivity index (χ1n) is 8.93. The Hall–Kier alpha value is -3.34. The van der Waals surface area contributed by atoms with E-state index in [1.807, 2.05) is 43.6 Å². The molecule has 0 aliphatic rings. The van der Waals surface area contributed by atoms with Gasteiger partial charge >= 0.3 is 0 Å². The van der Waals surface area contributed by atoms with Crippen LogP contribution in [0.3, 0.4) is 0 Å². The lowest BCUT2D eigenvalue weighted by Gasteiger charge is -2.15. The highest BCUT2D eigenvalue weighted by molar-refractivity contribution is 7.13. The van der Waals surface area contributed by atoms with Gasteiger partial charge in [-0.25, -0.2) is 5.84 Å². The predicted molar refractivity (Wildman–Crippen MR) is 118 cm³/mol. The normalized spacial score (nSPS) is 9.62. The lowest BCUT2D eigenvalue weighted by molar-refractivity contribution is -0.109. The number of benzene rings is 2. The van der Waals surface area contributed by atoms with Gasteiger partial charge in [-0.2, -0.15) is 5.26 Å². The van der Waals surface area contributed by atoms with Crippen LogP contribution in [0.2, 0.25) is 0 Å². The summed E-state index contributed by atoms with van der Waals surface area (Å²) in [5.74, 6) is 5.27. The average Bonchev–Trinajstić information content (AvgIpc) is 3.22. The number of hydrogen-bond acceptors (Lipinski definition) is 6. The van der Waals surface area contributed by atoms with Gasteiger partial charge in [0.1, 0.15) is 18.4 Å². The molecule has 0 unspecified atom stereocenters. The van der Waals surface area contributed by atoms with E-state index in [1.54, 1.807) is 16.8 Å². The molecule has 6 nitrogen and oxygen atoms in total. The highest BCUT2D eigenvalue weighted by Gasteiger charge is 2.10. The number of rotatable bonds is 6. The minimum atomic E-state index is 0.403. The Kier molecular flexibility index (Phi) is 8.22. The van der Waals surface area contributed by atoms with Crippen molar-refractivity contribution >= 4 is 23.4 Å². The maximum absolute atomic E-state index is 9.20. The summed E-state index contributed by atoms with van der Waals surface area (Å²) >= 11 is 1.59. The summed E-state index contributed by atoms with van der Waals surface area (Å²) in [7, 11) is 1.92. The topological polar surface area (TPSA) is 100 Å². The SMILES string of the molecule is CNc1cccc(C)c1COc1ccc(-c2sccc2C#N)cc1C.NNC=O. The predicted octanol–water partition coefficient (Wildman–Crippen LogP) is 4.13. The quantitative estimate of drug-likeness (QED) is 0.246. The number of nitrogens with one attached hydrogen (secondary N) is 2. The Labute approximate surface area is 174 Å². The van der Waals surface area contributed by atoms with Gasteiger partial charge in [-0.05, 0) is 66.2 Å². The number of anilines is 1. The van der Waals surface area contributed by atoms with Gasteiger partial charge in [0, 0.05) is 18.3 Å². The molecule has 0 aliphatic heterocycles. The third-order valence-corrected chi connectivity index (χ3v) is 5.31. The number of nitriles is 1. The fourth-order valence-electron chi connectivity index (χ4n) is 2.85. The maximum atomic E-state index is 9.20. The molecule has 0 saturated carbocycles. The number of amides is 1. The van der Waals surface area contributed by atoms with E-state index in [0.717, 1.165) is 33.0 Å². The van der Waals surface area contributed by atoms with Gasteiger partial charge < -0.3 is 10.1 Å². The molecule has 0 bridgehead atoms. The number of aryl methyl sites for hydroxylation is 2. The van der Waals surface area contributed by atoms with E-state index in [-0.39, 0.29) is 0 Å². The lowest BCUT2D eigenvalue weighted by Crippen LogP contribution is -2.18. The largest absolute Gasteiger partial charge is 0.489 e. The summed E-state index contributed by atoms with van der Waals surface area (Å²) in [6.07, 6.45) is 0.403. The van der Waals surface area contributed by atoms with Crippen LogP contribution in [0.1, 0.15) is 22.3 Å². The van der Waals surface area contributed by atoms with Crippen molar-refractivity contribution in [1.29, 1.82) is 5.26 Å². The molecule has 0 aliphatic carbocycles. The third-order valence-electron chi connectivity index (χ3n) is 4.34. The van der Waals surface area contributed by atoms with E-state index in [2.05, 4.69) is 42.4 Å². The van der Waals surface area contributed by atoms with Crippen molar-refractivity contribution in [3.05, 3.63) is 70.1 Å². The summed E-state index contributed by atoms with van der Waals surface area (Å²) in [5, 5.41) is 14.4. The Balaban J connectivity index is 0.000000687. The summed E-state index contributed by atoms with van der Waals surface area (Å²) in [6.45, 7) is 4.65. The molecule has 3 rings (SSSR count). The van der Waals surface area contributed by atoms with Crippen molar-refractivity contribution in [2.45, 2.75) is 20.5 Å². The second kappa shape index (κ2) is 10.9. The molecule has 3 aromatic rings. The molecule has 2 aromatic carbocycles. The van der Waals surface area contributed by atoms with Crippen LogP contribution in [-0.2, 0) is 11.4 Å². The minimum absolute atomic E-state index is 0.403. The Morgan fingerprint density at radius 3 is 2.59 bits per heavy atom. The summed E-state index contributed by atoms with van der Waals surface area (Å²) in [4.78, 5) is 9.95. The van der Waals surface area contributed by atoms with E-state index in [4.69, 9.17) is 9.53 Å². The van der Waals surface area contributed by atoms with Gasteiger partial charge in [-0.3, -0.25) is 10.2 Å². The summed E-state index contributed by atoms with van der Waals surface area (Å²) < 4.78 is 6.07. The molecule has 0 fully saturated rings. The standard InChI is InChI=1S/C21H20N2OS.CH4N2O/c1-14-5-4-6-19(23-3)18(14)13-24-20-8-7-16(11-15(20)2)21-17(12-22)9-10-25-21;2-3-1-4/h4-11,23H,13H2,1-3H3;1H,2H2,(H,3,4). The zero-order valence-electron chi connectivity index (χ0n) is 16.7. The number of hydrogen-bond donors (Lipinski definition) is 3. The van der Waals surface area contributed by atoms with Gasteiger partial charge in [0.05, 0.1) is 10.4 Å². The molecule has 1 aromatic heterocycles. The molecule has 1 heterocycles. The molecule has 0 radical (unpaired) electrons. The van der Waals surface area contributed by atoms with Crippen molar-refractivity contribution in [3.8, 4) is 22.3 Å². The third kappa shape index (κ3) is 5.57. The van der Waals surface area contributed by atoms with Gasteiger partial charge in [-0.1, -0.05) is 12.1 Å². The van der Waals surface area contributed by atoms with Crippen LogP contribution in [-0.4, -0.2) is 13.5 Å². The van der Waals surface area contributed by atoms with Crippen LogP contribution in [0.5, 0.6) is 5.75 Å². The van der Waals surface area contributed by atoms with Crippen molar-refractivity contribution in [3.63, 3.8) is 0 Å². The van der Waals surface area contributed by atoms with Crippen LogP contribution >= 0.6 is 11.3 Å². The maximum Gasteiger partial charge on any atom is 0.221 e. The molecule has 7 heteroatoms. The lowest BCUT2D eigenvalue weighted by atomic mass is 10.1. The second-order valence-corrected chi connectivity index (χ2v) is 7.10. The highest BCUT2D eigenvalue weighted by Crippen LogP contribution is 2.33. The first-order valence-corrected chi connectivity index (χ1v) is 9.81. The van der Waals surface area contributed by atoms with Crippen molar-refractivity contribution in [1.82, 2.24) is 5.43 Å². The number of carbonyl (C=O) groups excluding carboxylic acids is 1. The second-order valence-electron chi connectivity index (χ2n) is 6.18. The highest BCUT2D eigenvalue weighted by atomic mass is 32.1. The van der Waals surface area contributed by atoms with Crippen molar-refractivity contribution < 1.29 is 9.53 Å². The number of ether oxygens (including phenoxy) is 1. The van der Waals surface area contributed by atoms with Gasteiger partial charge in [0.25, 0.3) is 0 Å². The number of hydrazine groups is 1. The monoisotopic (exact) mass is 408 g/mol. The zero-order chi connectivity index (χ0) is 21.2. The molecular weight excluding hydrogens is 384 g/mol. The van der Waals surface area contributed by atoms with Crippen LogP contribution in [0.4, 0.5) is 5.69 Å². The molecule has 29 heavy (non-hydrogen) atoms. The summed E-state index contributed by atoms with van der Waals surface area (Å²) in [6, 6.07) is 16.4. The van der Waals surface area contributed by atoms with E-state index < -0.39 is 0 Å². The number of nitrogens with zero attached hydrogens (tertiary/aromatic N) is 1. The zero-order valence-corrected chi connectivity index (χ0v) is 17.5. The fourth-order valence-corrected chi connectivity index (χ4v) is 3.70. The molecule has 150 valence electrons. The van der Waals surface area contributed by atoms with Crippen LogP contribution < -0.4 is 21.3 Å². The molecule has 0 saturated heterocycles. The van der Waals surface area contributed by atoms with E-state index in [9.17, 15) is 5.26 Å². The molecule has 0 spiro atoms. The minimum Gasteiger partial charge on any atom is -0.489 e. The summed E-state index contributed by atoms with van der Waals surface area (Å²) in [5.41, 5.74) is 8.05. The van der Waals surface area contributed by atoms with Crippen molar-refractivity contribution in [2.75, 3.05) is 12.4 Å². The molecule has 0 atom stereocenters. The molecular formula is C22H24N4O2S. The number of nitrogens with two attached hydrogens (primary N) is 1. The first kappa shape index (κ1) is 22.0. The Bertz CT molecular complexity index is 1010.